The quantitative estimate of drug-likeness (QED) is 0.425. The highest BCUT2D eigenvalue weighted by Crippen LogP contribution is 2.29. The Kier molecular flexibility index (Phi) is 6.97. The van der Waals surface area contributed by atoms with Gasteiger partial charge in [-0.25, -0.2) is 18.0 Å². The molecule has 2 aliphatic rings. The predicted octanol–water partition coefficient (Wildman–Crippen LogP) is 1.27. The monoisotopic (exact) mass is 528 g/mol. The molecule has 13 heteroatoms. The van der Waals surface area contributed by atoms with Crippen LogP contribution in [0.25, 0.3) is 27.8 Å². The third-order valence-electron chi connectivity index (χ3n) is 6.62. The normalized spacial score (nSPS) is 17.9. The lowest BCUT2D eigenvalue weighted by Gasteiger charge is -2.32. The van der Waals surface area contributed by atoms with E-state index in [9.17, 15) is 9.00 Å². The number of hydrogen-bond donors (Lipinski definition) is 1. The van der Waals surface area contributed by atoms with Crippen molar-refractivity contribution in [2.45, 2.75) is 0 Å². The average Bonchev–Trinajstić information content (AvgIpc) is 3.55. The molecule has 1 atom stereocenters. The molecule has 6 rings (SSSR count). The maximum atomic E-state index is 13.4. The number of morpholine rings is 1. The van der Waals surface area contributed by atoms with Crippen LogP contribution < -0.4 is 4.90 Å². The number of amides is 1. The minimum Gasteiger partial charge on any atom is -0.378 e. The lowest BCUT2D eigenvalue weighted by molar-refractivity contribution is 0.0701. The molecule has 1 amide bonds. The van der Waals surface area contributed by atoms with Gasteiger partial charge >= 0.3 is 0 Å². The molecule has 1 N–H and O–H groups in total. The fourth-order valence-electron chi connectivity index (χ4n) is 4.72. The predicted molar refractivity (Wildman–Crippen MR) is 143 cm³/mol. The van der Waals surface area contributed by atoms with E-state index in [0.29, 0.717) is 63.9 Å². The lowest BCUT2D eigenvalue weighted by atomic mass is 10.1. The van der Waals surface area contributed by atoms with Gasteiger partial charge in [-0.15, -0.1) is 5.10 Å². The van der Waals surface area contributed by atoms with E-state index in [1.165, 1.54) is 0 Å². The second-order valence-electron chi connectivity index (χ2n) is 8.70. The number of ether oxygens (including phenoxy) is 1. The van der Waals surface area contributed by atoms with Crippen LogP contribution in [-0.2, 0) is 15.7 Å². The van der Waals surface area contributed by atoms with E-state index in [-0.39, 0.29) is 19.4 Å². The fourth-order valence-corrected chi connectivity index (χ4v) is 5.39. The highest BCUT2D eigenvalue weighted by molar-refractivity contribution is 7.81. The highest BCUT2D eigenvalue weighted by Gasteiger charge is 2.26. The highest BCUT2D eigenvalue weighted by atomic mass is 32.2. The number of fused-ring (bicyclic) bond motifs is 2. The molecule has 36 heavy (non-hydrogen) atoms. The smallest absolute Gasteiger partial charge is 0.255 e. The second kappa shape index (κ2) is 10.2. The summed E-state index contributed by atoms with van der Waals surface area (Å²) in [6.07, 6.45) is 5.23. The number of nitrogens with one attached hydrogen (secondary N) is 1. The zero-order chi connectivity index (χ0) is 23.9. The van der Waals surface area contributed by atoms with E-state index in [0.717, 1.165) is 27.8 Å². The van der Waals surface area contributed by atoms with E-state index < -0.39 is 11.0 Å². The van der Waals surface area contributed by atoms with Gasteiger partial charge in [-0.3, -0.25) is 9.89 Å². The number of carbonyl (C=O) groups is 1. The van der Waals surface area contributed by atoms with Crippen molar-refractivity contribution in [1.29, 1.82) is 0 Å². The van der Waals surface area contributed by atoms with E-state index in [1.54, 1.807) is 23.2 Å². The summed E-state index contributed by atoms with van der Waals surface area (Å²) < 4.78 is 21.0. The molecule has 2 fully saturated rings. The SMILES string of the molecule is CS(=O)N1CCN(C(=O)c2cc3c(N4CCOCC4)nc(-c4cccc5[nH]ncc45)nn3c2)CC1.S. The number of carbonyl (C=O) groups excluding carboxylic acids is 1. The number of anilines is 1. The van der Waals surface area contributed by atoms with Crippen LogP contribution in [-0.4, -0.2) is 103 Å². The van der Waals surface area contributed by atoms with Gasteiger partial charge in [0, 0.05) is 62.7 Å². The Morgan fingerprint density at radius 3 is 2.64 bits per heavy atom. The summed E-state index contributed by atoms with van der Waals surface area (Å²) in [5, 5.41) is 12.9. The van der Waals surface area contributed by atoms with Crippen LogP contribution in [0.5, 0.6) is 0 Å². The van der Waals surface area contributed by atoms with Gasteiger partial charge in [-0.05, 0) is 12.1 Å². The average molecular weight is 529 g/mol. The van der Waals surface area contributed by atoms with Crippen LogP contribution in [0, 0.1) is 0 Å². The van der Waals surface area contributed by atoms with Crippen LogP contribution in [0.2, 0.25) is 0 Å². The summed E-state index contributed by atoms with van der Waals surface area (Å²) in [4.78, 5) is 22.3. The Morgan fingerprint density at radius 2 is 1.89 bits per heavy atom. The molecule has 0 radical (unpaired) electrons. The van der Waals surface area contributed by atoms with Crippen molar-refractivity contribution in [3.63, 3.8) is 0 Å². The van der Waals surface area contributed by atoms with E-state index >= 15 is 0 Å². The van der Waals surface area contributed by atoms with Crippen LogP contribution in [0.15, 0.2) is 36.7 Å². The third-order valence-corrected chi connectivity index (χ3v) is 7.71. The summed E-state index contributed by atoms with van der Waals surface area (Å²) in [6.45, 7) is 4.95. The van der Waals surface area contributed by atoms with Crippen molar-refractivity contribution < 1.29 is 13.7 Å². The summed E-state index contributed by atoms with van der Waals surface area (Å²) in [5.41, 5.74) is 3.14. The maximum absolute atomic E-state index is 13.4. The summed E-state index contributed by atoms with van der Waals surface area (Å²) in [7, 11) is -1.02. The van der Waals surface area contributed by atoms with Crippen molar-refractivity contribution >= 4 is 52.6 Å². The lowest BCUT2D eigenvalue weighted by Crippen LogP contribution is -2.48. The molecule has 190 valence electrons. The first-order valence-electron chi connectivity index (χ1n) is 11.6. The van der Waals surface area contributed by atoms with Crippen molar-refractivity contribution in [2.75, 3.05) is 63.6 Å². The van der Waals surface area contributed by atoms with Gasteiger partial charge in [0.1, 0.15) is 5.52 Å². The molecule has 5 heterocycles. The van der Waals surface area contributed by atoms with Crippen LogP contribution in [0.4, 0.5) is 5.82 Å². The van der Waals surface area contributed by atoms with Crippen molar-refractivity contribution in [2.24, 2.45) is 0 Å². The fraction of sp³-hybridized carbons (Fsp3) is 0.391. The molecule has 2 aliphatic heterocycles. The Labute approximate surface area is 217 Å². The van der Waals surface area contributed by atoms with Crippen molar-refractivity contribution in [3.05, 3.63) is 42.2 Å². The molecule has 1 aromatic carbocycles. The first kappa shape index (κ1) is 24.7. The standard InChI is InChI=1S/C23H26N8O3S.H2S/c1-35(33)30-7-5-29(6-8-30)23(32)16-13-20-22(28-9-11-34-12-10-28)25-21(27-31(20)15-16)17-3-2-4-19-18(17)14-24-26-19;/h2-4,13-15H,5-12H2,1H3,(H,24,26);1H2. The molecule has 1 unspecified atom stereocenters. The molecular formula is C23H28N8O3S2. The number of nitrogens with zero attached hydrogens (tertiary/aromatic N) is 7. The zero-order valence-corrected chi connectivity index (χ0v) is 21.7. The Hall–Kier alpha value is -3.00. The van der Waals surface area contributed by atoms with Gasteiger partial charge in [0.2, 0.25) is 0 Å². The minimum absolute atomic E-state index is 0. The molecule has 0 bridgehead atoms. The number of benzene rings is 1. The first-order valence-corrected chi connectivity index (χ1v) is 13.1. The van der Waals surface area contributed by atoms with E-state index in [4.69, 9.17) is 14.8 Å². The van der Waals surface area contributed by atoms with Crippen LogP contribution in [0.1, 0.15) is 10.4 Å². The van der Waals surface area contributed by atoms with Gasteiger partial charge in [0.25, 0.3) is 5.91 Å². The van der Waals surface area contributed by atoms with Gasteiger partial charge in [0.15, 0.2) is 11.6 Å². The Balaban J connectivity index is 0.00000267. The zero-order valence-electron chi connectivity index (χ0n) is 19.9. The molecular weight excluding hydrogens is 500 g/mol. The number of aromatic amines is 1. The number of piperazine rings is 1. The molecule has 3 aromatic heterocycles. The first-order chi connectivity index (χ1) is 17.1. The topological polar surface area (TPSA) is 112 Å². The van der Waals surface area contributed by atoms with Crippen molar-refractivity contribution in [3.8, 4) is 11.4 Å². The van der Waals surface area contributed by atoms with Gasteiger partial charge < -0.3 is 14.5 Å². The van der Waals surface area contributed by atoms with E-state index in [2.05, 4.69) is 15.1 Å². The number of H-pyrrole nitrogens is 1. The Morgan fingerprint density at radius 1 is 1.11 bits per heavy atom. The molecule has 0 spiro atoms. The van der Waals surface area contributed by atoms with Gasteiger partial charge in [0.05, 0.1) is 41.5 Å². The molecule has 0 aliphatic carbocycles. The molecule has 0 saturated carbocycles. The summed E-state index contributed by atoms with van der Waals surface area (Å²) >= 11 is 0. The second-order valence-corrected chi connectivity index (χ2v) is 10.1. The molecule has 2 saturated heterocycles. The molecule has 11 nitrogen and oxygen atoms in total. The third kappa shape index (κ3) is 4.47. The van der Waals surface area contributed by atoms with Gasteiger partial charge in [-0.1, -0.05) is 12.1 Å². The summed E-state index contributed by atoms with van der Waals surface area (Å²) in [6, 6.07) is 7.77. The maximum Gasteiger partial charge on any atom is 0.255 e. The van der Waals surface area contributed by atoms with Crippen LogP contribution in [0.3, 0.4) is 0 Å². The summed E-state index contributed by atoms with van der Waals surface area (Å²) in [5.74, 6) is 1.30. The van der Waals surface area contributed by atoms with Crippen LogP contribution >= 0.6 is 13.5 Å². The molecule has 4 aromatic rings. The minimum atomic E-state index is -1.02. The Bertz CT molecular complexity index is 1420. The number of rotatable bonds is 4. The number of aromatic nitrogens is 5. The largest absolute Gasteiger partial charge is 0.378 e. The van der Waals surface area contributed by atoms with Crippen molar-refractivity contribution in [1.82, 2.24) is 34.0 Å². The number of hydrogen-bond acceptors (Lipinski definition) is 7. The van der Waals surface area contributed by atoms with E-state index in [1.807, 2.05) is 33.5 Å². The van der Waals surface area contributed by atoms with Gasteiger partial charge in [-0.2, -0.15) is 18.6 Å².